The molecule has 0 aliphatic carbocycles. The zero-order valence-corrected chi connectivity index (χ0v) is 10.2. The van der Waals surface area contributed by atoms with Crippen LogP contribution in [0.15, 0.2) is 18.2 Å². The Morgan fingerprint density at radius 1 is 1.29 bits per heavy atom. The van der Waals surface area contributed by atoms with Gasteiger partial charge < -0.3 is 8.92 Å². The Labute approximate surface area is 99.4 Å². The van der Waals surface area contributed by atoms with Gasteiger partial charge in [-0.15, -0.1) is 0 Å². The quantitative estimate of drug-likeness (QED) is 0.714. The van der Waals surface area contributed by atoms with Gasteiger partial charge in [-0.1, -0.05) is 0 Å². The maximum absolute atomic E-state index is 11.3. The van der Waals surface area contributed by atoms with E-state index in [2.05, 4.69) is 8.37 Å². The molecule has 1 rings (SSSR count). The summed E-state index contributed by atoms with van der Waals surface area (Å²) in [7, 11) is -2.77. The van der Waals surface area contributed by atoms with Gasteiger partial charge in [-0.2, -0.15) is 8.42 Å². The molecule has 0 saturated carbocycles. The Hall–Kier alpha value is -1.60. The Morgan fingerprint density at radius 3 is 2.53 bits per heavy atom. The summed E-state index contributed by atoms with van der Waals surface area (Å²) in [4.78, 5) is 10.5. The predicted molar refractivity (Wildman–Crippen MR) is 59.6 cm³/mol. The van der Waals surface area contributed by atoms with E-state index in [1.807, 2.05) is 0 Å². The second-order valence-corrected chi connectivity index (χ2v) is 4.15. The van der Waals surface area contributed by atoms with Gasteiger partial charge in [0.05, 0.1) is 13.7 Å². The van der Waals surface area contributed by atoms with E-state index >= 15 is 0 Å². The zero-order chi connectivity index (χ0) is 12.9. The molecule has 0 unspecified atom stereocenters. The summed E-state index contributed by atoms with van der Waals surface area (Å²) in [6, 6.07) is 4.09. The number of carbonyl (C=O) groups is 1. The van der Waals surface area contributed by atoms with E-state index < -0.39 is 10.4 Å². The van der Waals surface area contributed by atoms with Crippen molar-refractivity contribution in [1.29, 1.82) is 0 Å². The topological polar surface area (TPSA) is 78.9 Å². The van der Waals surface area contributed by atoms with E-state index in [1.54, 1.807) is 0 Å². The lowest BCUT2D eigenvalue weighted by molar-refractivity contribution is 0.112. The molecule has 0 radical (unpaired) electrons. The Balaban J connectivity index is 3.02. The highest BCUT2D eigenvalue weighted by atomic mass is 32.3. The molecule has 7 heteroatoms. The van der Waals surface area contributed by atoms with E-state index in [4.69, 9.17) is 4.74 Å². The molecule has 0 N–H and O–H groups in total. The van der Waals surface area contributed by atoms with Crippen molar-refractivity contribution in [2.24, 2.45) is 0 Å². The minimum absolute atomic E-state index is 0.0307. The predicted octanol–water partition coefficient (Wildman–Crippen LogP) is 1.17. The molecule has 6 nitrogen and oxygen atoms in total. The number of hydrogen-bond acceptors (Lipinski definition) is 6. The first-order valence-electron chi connectivity index (χ1n) is 4.74. The highest BCUT2D eigenvalue weighted by Gasteiger charge is 2.16. The van der Waals surface area contributed by atoms with Gasteiger partial charge in [-0.05, 0) is 25.1 Å². The van der Waals surface area contributed by atoms with Gasteiger partial charge in [-0.3, -0.25) is 4.79 Å². The van der Waals surface area contributed by atoms with Gasteiger partial charge in [0, 0.05) is 5.56 Å². The molecule has 0 heterocycles. The third kappa shape index (κ3) is 3.72. The van der Waals surface area contributed by atoms with Crippen molar-refractivity contribution in [1.82, 2.24) is 0 Å². The van der Waals surface area contributed by atoms with Gasteiger partial charge in [-0.25, -0.2) is 4.18 Å². The summed E-state index contributed by atoms with van der Waals surface area (Å²) in [5.41, 5.74) is 0.350. The Morgan fingerprint density at radius 2 is 2.00 bits per heavy atom. The lowest BCUT2D eigenvalue weighted by Crippen LogP contribution is -2.13. The minimum Gasteiger partial charge on any atom is -0.493 e. The summed E-state index contributed by atoms with van der Waals surface area (Å²) >= 11 is 0. The zero-order valence-electron chi connectivity index (χ0n) is 9.37. The largest absolute Gasteiger partial charge is 0.493 e. The van der Waals surface area contributed by atoms with Crippen LogP contribution in [0.25, 0.3) is 0 Å². The van der Waals surface area contributed by atoms with E-state index in [1.165, 1.54) is 32.2 Å². The van der Waals surface area contributed by atoms with Crippen LogP contribution in [0.2, 0.25) is 0 Å². The highest BCUT2D eigenvalue weighted by molar-refractivity contribution is 7.82. The van der Waals surface area contributed by atoms with Gasteiger partial charge in [0.25, 0.3) is 0 Å². The third-order valence-electron chi connectivity index (χ3n) is 1.78. The van der Waals surface area contributed by atoms with Crippen molar-refractivity contribution in [3.8, 4) is 11.5 Å². The summed E-state index contributed by atoms with van der Waals surface area (Å²) in [5, 5.41) is 0. The van der Waals surface area contributed by atoms with Crippen molar-refractivity contribution < 1.29 is 26.3 Å². The van der Waals surface area contributed by atoms with Crippen LogP contribution in [0.5, 0.6) is 11.5 Å². The summed E-state index contributed by atoms with van der Waals surface area (Å²) in [5.74, 6) is 0.101. The van der Waals surface area contributed by atoms with E-state index in [9.17, 15) is 13.2 Å². The molecule has 0 spiro atoms. The second kappa shape index (κ2) is 5.65. The van der Waals surface area contributed by atoms with Gasteiger partial charge in [0.2, 0.25) is 0 Å². The SMILES string of the molecule is CCOS(=O)(=O)Oc1ccc(C=O)cc1OC. The molecule has 0 saturated heterocycles. The van der Waals surface area contributed by atoms with Crippen LogP contribution in [-0.4, -0.2) is 28.4 Å². The van der Waals surface area contributed by atoms with Crippen LogP contribution in [0, 0.1) is 0 Å². The first-order valence-corrected chi connectivity index (χ1v) is 6.07. The van der Waals surface area contributed by atoms with Crippen molar-refractivity contribution in [3.05, 3.63) is 23.8 Å². The lowest BCUT2D eigenvalue weighted by Gasteiger charge is -2.09. The van der Waals surface area contributed by atoms with Gasteiger partial charge >= 0.3 is 10.4 Å². The van der Waals surface area contributed by atoms with Crippen LogP contribution >= 0.6 is 0 Å². The number of hydrogen-bond donors (Lipinski definition) is 0. The van der Waals surface area contributed by atoms with Crippen molar-refractivity contribution in [3.63, 3.8) is 0 Å². The molecule has 0 bridgehead atoms. The normalized spacial score (nSPS) is 10.9. The van der Waals surface area contributed by atoms with E-state index in [-0.39, 0.29) is 18.1 Å². The van der Waals surface area contributed by atoms with E-state index in [0.29, 0.717) is 11.8 Å². The number of benzene rings is 1. The molecule has 0 aliphatic heterocycles. The number of aldehydes is 1. The summed E-state index contributed by atoms with van der Waals surface area (Å²) < 4.78 is 36.5. The molecular weight excluding hydrogens is 248 g/mol. The molecule has 0 aliphatic rings. The lowest BCUT2D eigenvalue weighted by atomic mass is 10.2. The van der Waals surface area contributed by atoms with Crippen LogP contribution < -0.4 is 8.92 Å². The number of methoxy groups -OCH3 is 1. The molecule has 94 valence electrons. The van der Waals surface area contributed by atoms with Crippen LogP contribution in [0.1, 0.15) is 17.3 Å². The maximum Gasteiger partial charge on any atom is 0.449 e. The Kier molecular flexibility index (Phi) is 4.47. The van der Waals surface area contributed by atoms with Crippen LogP contribution in [0.3, 0.4) is 0 Å². The monoisotopic (exact) mass is 260 g/mol. The first kappa shape index (κ1) is 13.5. The van der Waals surface area contributed by atoms with Crippen molar-refractivity contribution in [2.75, 3.05) is 13.7 Å². The molecule has 1 aromatic rings. The molecule has 17 heavy (non-hydrogen) atoms. The highest BCUT2D eigenvalue weighted by Crippen LogP contribution is 2.28. The van der Waals surface area contributed by atoms with Crippen LogP contribution in [-0.2, 0) is 14.6 Å². The maximum atomic E-state index is 11.3. The fourth-order valence-corrected chi connectivity index (χ4v) is 1.80. The van der Waals surface area contributed by atoms with Gasteiger partial charge in [0.1, 0.15) is 6.29 Å². The number of rotatable bonds is 6. The molecule has 0 fully saturated rings. The molecular formula is C10H12O6S. The standard InChI is InChI=1S/C10H12O6S/c1-3-15-17(12,13)16-9-5-4-8(7-11)6-10(9)14-2/h4-7H,3H2,1-2H3. The molecule has 0 atom stereocenters. The van der Waals surface area contributed by atoms with Crippen LogP contribution in [0.4, 0.5) is 0 Å². The fourth-order valence-electron chi connectivity index (χ4n) is 1.10. The molecule has 0 amide bonds. The molecule has 1 aromatic carbocycles. The summed E-state index contributed by atoms with van der Waals surface area (Å²) in [6.07, 6.45) is 0.614. The third-order valence-corrected chi connectivity index (χ3v) is 2.69. The minimum atomic E-state index is -4.11. The first-order chi connectivity index (χ1) is 8.02. The Bertz CT molecular complexity index is 494. The average Bonchev–Trinajstić information content (AvgIpc) is 2.29. The second-order valence-electron chi connectivity index (χ2n) is 2.93. The fraction of sp³-hybridized carbons (Fsp3) is 0.300. The van der Waals surface area contributed by atoms with Gasteiger partial charge in [0.15, 0.2) is 11.5 Å². The van der Waals surface area contributed by atoms with Crippen molar-refractivity contribution in [2.45, 2.75) is 6.92 Å². The van der Waals surface area contributed by atoms with Crippen molar-refractivity contribution >= 4 is 16.7 Å². The summed E-state index contributed by atoms with van der Waals surface area (Å²) in [6.45, 7) is 1.49. The van der Waals surface area contributed by atoms with E-state index in [0.717, 1.165) is 0 Å². The molecule has 0 aromatic heterocycles. The number of carbonyl (C=O) groups excluding carboxylic acids is 1. The number of ether oxygens (including phenoxy) is 1. The smallest absolute Gasteiger partial charge is 0.449 e. The average molecular weight is 260 g/mol.